The Bertz CT molecular complexity index is 4190. The largest absolute Gasteiger partial charge is 0.456 e. The van der Waals surface area contributed by atoms with E-state index in [9.17, 15) is 0 Å². The number of benzene rings is 10. The highest BCUT2D eigenvalue weighted by Gasteiger charge is 2.30. The summed E-state index contributed by atoms with van der Waals surface area (Å²) in [5, 5.41) is 0. The molecule has 14 rings (SSSR count). The molecule has 2 aliphatic rings. The molecule has 2 aromatic heterocycles. The molecule has 0 aliphatic heterocycles. The highest BCUT2D eigenvalue weighted by Crippen LogP contribution is 2.56. The topological polar surface area (TPSA) is 35.0 Å². The first-order valence-electron chi connectivity index (χ1n) is 28.2. The number of ether oxygens (including phenoxy) is 1. The molecule has 3 heteroatoms. The first-order chi connectivity index (χ1) is 39.5. The van der Waals surface area contributed by atoms with Crippen molar-refractivity contribution in [1.82, 2.24) is 9.97 Å². The van der Waals surface area contributed by atoms with E-state index in [2.05, 4.69) is 158 Å². The summed E-state index contributed by atoms with van der Waals surface area (Å²) >= 11 is 0. The molecular weight excluding hydrogens is 909 g/mol. The van der Waals surface area contributed by atoms with Gasteiger partial charge in [-0.05, 0) is 161 Å². The minimum absolute atomic E-state index is 0.155. The van der Waals surface area contributed by atoms with Crippen LogP contribution in [0.15, 0.2) is 255 Å². The van der Waals surface area contributed by atoms with Gasteiger partial charge in [0, 0.05) is 42.9 Å². The van der Waals surface area contributed by atoms with Crippen molar-refractivity contribution >= 4 is 0 Å². The molecule has 3 nitrogen and oxygen atoms in total. The van der Waals surface area contributed by atoms with Crippen molar-refractivity contribution in [2.75, 3.05) is 0 Å². The van der Waals surface area contributed by atoms with Crippen LogP contribution < -0.4 is 4.74 Å². The van der Waals surface area contributed by atoms with Crippen LogP contribution in [-0.4, -0.2) is 9.97 Å². The first kappa shape index (κ1) is 38.0. The first-order valence-corrected chi connectivity index (χ1v) is 25.2. The van der Waals surface area contributed by atoms with Gasteiger partial charge in [0.05, 0.1) is 11.4 Å². The van der Waals surface area contributed by atoms with Crippen molar-refractivity contribution in [3.63, 3.8) is 0 Å². The molecule has 75 heavy (non-hydrogen) atoms. The highest BCUT2D eigenvalue weighted by atomic mass is 16.5. The summed E-state index contributed by atoms with van der Waals surface area (Å²) in [5.41, 5.74) is 21.4. The molecule has 0 fully saturated rings. The van der Waals surface area contributed by atoms with E-state index in [1.165, 1.54) is 12.4 Å². The lowest BCUT2D eigenvalue weighted by Crippen LogP contribution is -2.03. The summed E-state index contributed by atoms with van der Waals surface area (Å²) in [4.78, 5) is 9.99. The highest BCUT2D eigenvalue weighted by molar-refractivity contribution is 6.08. The van der Waals surface area contributed by atoms with Crippen LogP contribution in [0.5, 0.6) is 11.5 Å². The molecular formula is C72H48N2O. The van der Waals surface area contributed by atoms with Crippen LogP contribution in [-0.2, 0) is 0 Å². The van der Waals surface area contributed by atoms with Gasteiger partial charge in [-0.1, -0.05) is 206 Å². The van der Waals surface area contributed by atoms with Gasteiger partial charge >= 0.3 is 0 Å². The van der Waals surface area contributed by atoms with Gasteiger partial charge in [0.15, 0.2) is 0 Å². The van der Waals surface area contributed by atoms with Crippen molar-refractivity contribution in [1.29, 1.82) is 0 Å². The molecule has 0 N–H and O–H groups in total. The van der Waals surface area contributed by atoms with Crippen molar-refractivity contribution in [2.24, 2.45) is 0 Å². The number of rotatable bonds is 6. The number of aromatic nitrogens is 2. The Hall–Kier alpha value is -9.70. The Kier molecular flexibility index (Phi) is 9.17. The third-order valence-electron chi connectivity index (χ3n) is 14.8. The van der Waals surface area contributed by atoms with E-state index >= 15 is 0 Å². The molecule has 0 unspecified atom stereocenters. The van der Waals surface area contributed by atoms with Crippen LogP contribution in [0.25, 0.3) is 134 Å². The maximum Gasteiger partial charge on any atom is 0.136 e. The summed E-state index contributed by atoms with van der Waals surface area (Å²) in [7, 11) is 0. The summed E-state index contributed by atoms with van der Waals surface area (Å²) in [6, 6.07) is 82.3. The fourth-order valence-electron chi connectivity index (χ4n) is 11.4. The Balaban J connectivity index is 1.11. The van der Waals surface area contributed by atoms with Crippen LogP contribution in [0.1, 0.15) is 19.4 Å². The van der Waals surface area contributed by atoms with Gasteiger partial charge in [0.25, 0.3) is 0 Å². The fourth-order valence-corrected chi connectivity index (χ4v) is 11.4. The molecule has 0 bridgehead atoms. The lowest BCUT2D eigenvalue weighted by atomic mass is 9.79. The normalized spacial score (nSPS) is 13.1. The molecule has 10 aromatic carbocycles. The van der Waals surface area contributed by atoms with E-state index in [-0.39, 0.29) is 11.1 Å². The van der Waals surface area contributed by atoms with E-state index in [1.54, 1.807) is 0 Å². The molecule has 0 saturated heterocycles. The summed E-state index contributed by atoms with van der Waals surface area (Å²) in [5.74, 6) is 1.07. The predicted octanol–water partition coefficient (Wildman–Crippen LogP) is 19.5. The van der Waals surface area contributed by atoms with E-state index < -0.39 is 13.7 Å². The average Bonchev–Trinajstić information content (AvgIpc) is 3.52. The van der Waals surface area contributed by atoms with Gasteiger partial charge in [-0.3, -0.25) is 9.97 Å². The van der Waals surface area contributed by atoms with Gasteiger partial charge in [0.2, 0.25) is 0 Å². The van der Waals surface area contributed by atoms with Crippen LogP contribution in [0.2, 0.25) is 0 Å². The summed E-state index contributed by atoms with van der Waals surface area (Å²) < 4.78 is 59.8. The third-order valence-corrected chi connectivity index (χ3v) is 14.8. The molecule has 0 spiro atoms. The maximum absolute atomic E-state index is 8.64. The predicted molar refractivity (Wildman–Crippen MR) is 310 cm³/mol. The zero-order chi connectivity index (χ0) is 55.0. The number of nitrogens with zero attached hydrogens (tertiary/aromatic N) is 2. The third kappa shape index (κ3) is 7.51. The number of fused-ring (bicyclic) bond motifs is 16. The molecule has 2 heterocycles. The number of hydrogen-bond donors (Lipinski definition) is 0. The van der Waals surface area contributed by atoms with Gasteiger partial charge in [-0.25, -0.2) is 0 Å². The number of aryl methyl sites for hydroxylation is 2. The van der Waals surface area contributed by atoms with Crippen LogP contribution in [0, 0.1) is 13.7 Å². The average molecular weight is 963 g/mol. The van der Waals surface area contributed by atoms with Crippen LogP contribution >= 0.6 is 0 Å². The van der Waals surface area contributed by atoms with Crippen molar-refractivity contribution in [3.8, 4) is 145 Å². The monoisotopic (exact) mass is 962 g/mol. The lowest BCUT2D eigenvalue weighted by molar-refractivity contribution is 0.487. The number of hydrogen-bond acceptors (Lipinski definition) is 3. The van der Waals surface area contributed by atoms with Crippen LogP contribution in [0.4, 0.5) is 0 Å². The zero-order valence-electron chi connectivity index (χ0n) is 46.6. The second-order valence-electron chi connectivity index (χ2n) is 19.1. The van der Waals surface area contributed by atoms with Crippen molar-refractivity contribution < 1.29 is 13.0 Å². The van der Waals surface area contributed by atoms with E-state index in [0.29, 0.717) is 45.1 Å². The minimum atomic E-state index is -2.44. The molecule has 2 aliphatic carbocycles. The lowest BCUT2D eigenvalue weighted by Gasteiger charge is -2.28. The van der Waals surface area contributed by atoms with Gasteiger partial charge < -0.3 is 4.74 Å². The maximum atomic E-state index is 8.64. The fraction of sp³-hybridized carbons (Fsp3) is 0.0278. The smallest absolute Gasteiger partial charge is 0.136 e. The molecule has 0 atom stereocenters. The summed E-state index contributed by atoms with van der Waals surface area (Å²) in [6.45, 7) is -4.87. The standard InChI is InChI=1S/C72H48N2O/c1-45-43-73-67(41-63(45)47-21-5-3-6-22-47)49-37-65-59-33-15-13-29-55(59)51-25-9-11-27-53(51)57-31-17-19-35-61(57)71(65)69(39-49)75-70-40-50(68-42-64(46(2)44-74-68)48-23-7-4-8-24-48)38-66-60-34-16-14-30-56(60)52-26-10-12-28-54(52)58-32-18-20-36-62(58)72(66)70/h3-44H,1-2H3/i1D3,2D3. The van der Waals surface area contributed by atoms with E-state index in [1.807, 2.05) is 84.9 Å². The molecule has 0 amide bonds. The molecule has 0 saturated carbocycles. The van der Waals surface area contributed by atoms with Crippen LogP contribution in [0.3, 0.4) is 0 Å². The quantitative estimate of drug-likeness (QED) is 0.167. The van der Waals surface area contributed by atoms with Gasteiger partial charge in [0.1, 0.15) is 11.5 Å². The van der Waals surface area contributed by atoms with Gasteiger partial charge in [-0.15, -0.1) is 0 Å². The van der Waals surface area contributed by atoms with E-state index in [0.717, 1.165) is 100 Å². The Morgan fingerprint density at radius 2 is 0.547 bits per heavy atom. The molecule has 352 valence electrons. The number of pyridine rings is 2. The zero-order valence-corrected chi connectivity index (χ0v) is 40.6. The summed E-state index contributed by atoms with van der Waals surface area (Å²) in [6.07, 6.45) is 2.99. The van der Waals surface area contributed by atoms with Gasteiger partial charge in [-0.2, -0.15) is 0 Å². The molecule has 0 radical (unpaired) electrons. The Morgan fingerprint density at radius 1 is 0.267 bits per heavy atom. The van der Waals surface area contributed by atoms with Crippen molar-refractivity contribution in [3.05, 3.63) is 266 Å². The second-order valence-corrected chi connectivity index (χ2v) is 19.1. The Morgan fingerprint density at radius 3 is 0.867 bits per heavy atom. The van der Waals surface area contributed by atoms with Crippen molar-refractivity contribution in [2.45, 2.75) is 13.7 Å². The Labute approximate surface area is 446 Å². The van der Waals surface area contributed by atoms with E-state index in [4.69, 9.17) is 22.9 Å². The minimum Gasteiger partial charge on any atom is -0.456 e. The molecule has 12 aromatic rings. The second kappa shape index (κ2) is 18.1. The SMILES string of the molecule is [2H]C([2H])([2H])c1cnc(-c2cc(Oc3cc(-c4cc(-c5ccccc5)c(C([2H])([2H])[2H])cn4)cc4c3-c3ccccc3-c3ccccc3-c3ccccc3-4)c3c(c2)-c2ccccc2-c2ccccc2-c2ccccc2-3)cc1-c1ccccc1.